The molecule has 9 heteroatoms. The molecule has 0 bridgehead atoms. The predicted octanol–water partition coefficient (Wildman–Crippen LogP) is 2.06. The molecule has 1 aromatic carbocycles. The molecule has 0 aliphatic carbocycles. The third-order valence-electron chi connectivity index (χ3n) is 3.82. The Kier molecular flexibility index (Phi) is 5.52. The molecule has 2 heterocycles. The summed E-state index contributed by atoms with van der Waals surface area (Å²) < 4.78 is 5.55. The predicted molar refractivity (Wildman–Crippen MR) is 96.4 cm³/mol. The first-order valence-corrected chi connectivity index (χ1v) is 8.30. The van der Waals surface area contributed by atoms with Crippen molar-refractivity contribution in [1.29, 1.82) is 0 Å². The van der Waals surface area contributed by atoms with E-state index in [1.54, 1.807) is 24.3 Å². The summed E-state index contributed by atoms with van der Waals surface area (Å²) in [5.74, 6) is 0.391. The van der Waals surface area contributed by atoms with Crippen molar-refractivity contribution in [2.45, 2.75) is 18.9 Å². The Morgan fingerprint density at radius 1 is 1.32 bits per heavy atom. The highest BCUT2D eigenvalue weighted by Gasteiger charge is 2.17. The highest BCUT2D eigenvalue weighted by Crippen LogP contribution is 2.23. The summed E-state index contributed by atoms with van der Waals surface area (Å²) in [6.45, 7) is 1.40. The smallest absolute Gasteiger partial charge is 0.271 e. The molecule has 1 aliphatic rings. The van der Waals surface area contributed by atoms with Gasteiger partial charge in [-0.2, -0.15) is 0 Å². The number of benzene rings is 1. The lowest BCUT2D eigenvalue weighted by Crippen LogP contribution is -2.30. The monoisotopic (exact) mass is 362 g/mol. The summed E-state index contributed by atoms with van der Waals surface area (Å²) in [6, 6.07) is 6.74. The van der Waals surface area contributed by atoms with Gasteiger partial charge in [-0.25, -0.2) is 9.97 Å². The van der Waals surface area contributed by atoms with Crippen LogP contribution in [0.5, 0.6) is 0 Å². The van der Waals surface area contributed by atoms with E-state index in [0.29, 0.717) is 34.5 Å². The van der Waals surface area contributed by atoms with Gasteiger partial charge >= 0.3 is 0 Å². The minimum absolute atomic E-state index is 0.158. The van der Waals surface area contributed by atoms with Gasteiger partial charge in [0, 0.05) is 13.2 Å². The van der Waals surface area contributed by atoms with E-state index in [-0.39, 0.29) is 6.10 Å². The van der Waals surface area contributed by atoms with Crippen molar-refractivity contribution in [3.63, 3.8) is 0 Å². The third-order valence-corrected chi connectivity index (χ3v) is 4.15. The van der Waals surface area contributed by atoms with Gasteiger partial charge in [0.1, 0.15) is 12.0 Å². The number of halogens is 1. The Morgan fingerprint density at radius 3 is 2.88 bits per heavy atom. The van der Waals surface area contributed by atoms with Crippen LogP contribution in [0.25, 0.3) is 0 Å². The first-order valence-electron chi connectivity index (χ1n) is 7.92. The lowest BCUT2D eigenvalue weighted by molar-refractivity contribution is 0.0962. The minimum Gasteiger partial charge on any atom is -0.393 e. The van der Waals surface area contributed by atoms with Crippen LogP contribution in [-0.2, 0) is 4.74 Å². The molecule has 1 aromatic heterocycles. The van der Waals surface area contributed by atoms with Crippen molar-refractivity contribution in [1.82, 2.24) is 15.4 Å². The molecule has 8 nitrogen and oxygen atoms in total. The molecule has 0 radical (unpaired) electrons. The summed E-state index contributed by atoms with van der Waals surface area (Å²) in [6.07, 6.45) is 3.59. The number of carbonyl (C=O) groups excluding carboxylic acids is 1. The van der Waals surface area contributed by atoms with Crippen molar-refractivity contribution < 1.29 is 9.53 Å². The number of amides is 1. The summed E-state index contributed by atoms with van der Waals surface area (Å²) in [7, 11) is 0. The van der Waals surface area contributed by atoms with Crippen LogP contribution >= 0.6 is 11.6 Å². The maximum atomic E-state index is 12.2. The van der Waals surface area contributed by atoms with E-state index in [9.17, 15) is 4.79 Å². The van der Waals surface area contributed by atoms with Crippen LogP contribution in [0.3, 0.4) is 0 Å². The Labute approximate surface area is 150 Å². The van der Waals surface area contributed by atoms with E-state index in [4.69, 9.17) is 22.1 Å². The number of aromatic nitrogens is 2. The maximum absolute atomic E-state index is 12.2. The zero-order valence-electron chi connectivity index (χ0n) is 13.5. The molecule has 1 aliphatic heterocycles. The van der Waals surface area contributed by atoms with Crippen molar-refractivity contribution in [2.24, 2.45) is 0 Å². The van der Waals surface area contributed by atoms with Crippen molar-refractivity contribution in [2.75, 3.05) is 29.6 Å². The molecule has 3 rings (SSSR count). The van der Waals surface area contributed by atoms with Gasteiger partial charge in [-0.3, -0.25) is 15.6 Å². The van der Waals surface area contributed by atoms with Crippen molar-refractivity contribution in [3.8, 4) is 0 Å². The topological polar surface area (TPSA) is 114 Å². The van der Waals surface area contributed by atoms with Crippen LogP contribution in [0, 0.1) is 0 Å². The van der Waals surface area contributed by atoms with E-state index in [1.165, 1.54) is 6.33 Å². The average molecular weight is 363 g/mol. The molecule has 0 saturated carbocycles. The highest BCUT2D eigenvalue weighted by molar-refractivity contribution is 6.33. The van der Waals surface area contributed by atoms with Crippen LogP contribution < -0.4 is 21.9 Å². The number of rotatable bonds is 6. The van der Waals surface area contributed by atoms with Crippen LogP contribution in [0.15, 0.2) is 30.6 Å². The molecular weight excluding hydrogens is 344 g/mol. The zero-order valence-corrected chi connectivity index (χ0v) is 14.2. The zero-order chi connectivity index (χ0) is 17.6. The molecule has 1 saturated heterocycles. The van der Waals surface area contributed by atoms with Gasteiger partial charge in [-0.1, -0.05) is 23.7 Å². The Morgan fingerprint density at radius 2 is 2.12 bits per heavy atom. The summed E-state index contributed by atoms with van der Waals surface area (Å²) >= 11 is 6.00. The van der Waals surface area contributed by atoms with E-state index >= 15 is 0 Å². The van der Waals surface area contributed by atoms with Crippen molar-refractivity contribution >= 4 is 34.8 Å². The van der Waals surface area contributed by atoms with Gasteiger partial charge in [0.25, 0.3) is 5.91 Å². The molecule has 0 spiro atoms. The number of carbonyl (C=O) groups is 1. The largest absolute Gasteiger partial charge is 0.393 e. The SMILES string of the molecule is Nc1c(NCC2CCCO2)ncnc1NNC(=O)c1ccccc1Cl. The standard InChI is InChI=1S/C16H19ClN6O2/c17-12-6-2-1-5-11(12)16(24)23-22-15-13(18)14(20-9-21-15)19-8-10-4-3-7-25-10/h1-2,5-6,9-10H,3-4,7-8,18H2,(H,23,24)(H2,19,20,21,22). The van der Waals surface area contributed by atoms with Crippen molar-refractivity contribution in [3.05, 3.63) is 41.2 Å². The van der Waals surface area contributed by atoms with Crippen LogP contribution in [-0.4, -0.2) is 35.1 Å². The van der Waals surface area contributed by atoms with Gasteiger partial charge in [-0.05, 0) is 25.0 Å². The van der Waals surface area contributed by atoms with E-state index in [0.717, 1.165) is 19.4 Å². The van der Waals surface area contributed by atoms with Gasteiger partial charge in [0.05, 0.1) is 16.7 Å². The lowest BCUT2D eigenvalue weighted by Gasteiger charge is -2.15. The molecule has 1 amide bonds. The van der Waals surface area contributed by atoms with Crippen LogP contribution in [0.2, 0.25) is 5.02 Å². The van der Waals surface area contributed by atoms with Crippen LogP contribution in [0.1, 0.15) is 23.2 Å². The fourth-order valence-electron chi connectivity index (χ4n) is 2.48. The minimum atomic E-state index is -0.391. The molecule has 1 fully saturated rings. The highest BCUT2D eigenvalue weighted by atomic mass is 35.5. The summed E-state index contributed by atoms with van der Waals surface area (Å²) in [4.78, 5) is 20.3. The van der Waals surface area contributed by atoms with Gasteiger partial charge in [0.15, 0.2) is 11.6 Å². The van der Waals surface area contributed by atoms with Gasteiger partial charge in [-0.15, -0.1) is 0 Å². The van der Waals surface area contributed by atoms with E-state index in [1.807, 2.05) is 0 Å². The summed E-state index contributed by atoms with van der Waals surface area (Å²) in [5, 5.41) is 3.51. The van der Waals surface area contributed by atoms with E-state index in [2.05, 4.69) is 26.1 Å². The maximum Gasteiger partial charge on any atom is 0.271 e. The first-order chi connectivity index (χ1) is 12.1. The van der Waals surface area contributed by atoms with Crippen LogP contribution in [0.4, 0.5) is 17.3 Å². The first kappa shape index (κ1) is 17.2. The fourth-order valence-corrected chi connectivity index (χ4v) is 2.70. The Balaban J connectivity index is 1.61. The molecule has 2 aromatic rings. The number of nitrogens with one attached hydrogen (secondary N) is 3. The number of nitrogens with zero attached hydrogens (tertiary/aromatic N) is 2. The fraction of sp³-hybridized carbons (Fsp3) is 0.312. The number of nitrogen functional groups attached to an aromatic ring is 1. The summed E-state index contributed by atoms with van der Waals surface area (Å²) in [5.41, 5.74) is 11.9. The molecule has 5 N–H and O–H groups in total. The molecule has 1 unspecified atom stereocenters. The second-order valence-electron chi connectivity index (χ2n) is 5.56. The number of anilines is 3. The number of nitrogens with two attached hydrogens (primary N) is 1. The van der Waals surface area contributed by atoms with Gasteiger partial charge < -0.3 is 15.8 Å². The molecule has 25 heavy (non-hydrogen) atoms. The third kappa shape index (κ3) is 4.28. The quantitative estimate of drug-likeness (QED) is 0.581. The van der Waals surface area contributed by atoms with Gasteiger partial charge in [0.2, 0.25) is 0 Å². The number of hydrogen-bond acceptors (Lipinski definition) is 7. The lowest BCUT2D eigenvalue weighted by atomic mass is 10.2. The number of hydrazine groups is 1. The Hall–Kier alpha value is -2.58. The Bertz CT molecular complexity index is 751. The molecule has 1 atom stereocenters. The van der Waals surface area contributed by atoms with E-state index < -0.39 is 5.91 Å². The molecular formula is C16H19ClN6O2. The normalized spacial score (nSPS) is 16.4. The second-order valence-corrected chi connectivity index (χ2v) is 5.97. The molecule has 132 valence electrons. The second kappa shape index (κ2) is 8.00. The number of hydrogen-bond donors (Lipinski definition) is 4. The average Bonchev–Trinajstić information content (AvgIpc) is 3.13. The number of ether oxygens (including phenoxy) is 1.